The van der Waals surface area contributed by atoms with Crippen molar-refractivity contribution in [2.75, 3.05) is 0 Å². The maximum Gasteiger partial charge on any atom is 0.252 e. The normalized spacial score (nSPS) is 21.8. The topological polar surface area (TPSA) is 42.0 Å². The molecule has 1 aliphatic carbocycles. The Hall–Kier alpha value is -2.40. The number of pyridine rings is 1. The van der Waals surface area contributed by atoms with E-state index < -0.39 is 0 Å². The van der Waals surface area contributed by atoms with E-state index in [2.05, 4.69) is 19.2 Å². The van der Waals surface area contributed by atoms with Gasteiger partial charge >= 0.3 is 0 Å². The Morgan fingerprint density at radius 2 is 1.86 bits per heavy atom. The average molecular weight is 409 g/mol. The summed E-state index contributed by atoms with van der Waals surface area (Å²) in [5.74, 6) is 0.772. The molecular formula is C24H25FN2OS. The number of halogens is 1. The molecule has 3 aromatic rings. The third-order valence-corrected chi connectivity index (χ3v) is 6.92. The highest BCUT2D eigenvalue weighted by molar-refractivity contribution is 7.99. The molecule has 0 unspecified atom stereocenters. The van der Waals surface area contributed by atoms with Crippen molar-refractivity contribution in [2.45, 2.75) is 49.1 Å². The van der Waals surface area contributed by atoms with Crippen molar-refractivity contribution in [3.63, 3.8) is 0 Å². The van der Waals surface area contributed by atoms with Crippen LogP contribution in [-0.4, -0.2) is 16.9 Å². The molecule has 1 amide bonds. The number of hydrogen-bond acceptors (Lipinski definition) is 3. The van der Waals surface area contributed by atoms with Gasteiger partial charge < -0.3 is 5.32 Å². The standard InChI is InChI=1S/C24H25FN2OS/c1-15-6-5-9-21(16(15)2)27-24(28)20-14-23(26-22-8-4-3-7-19(20)22)29-18-12-10-17(25)11-13-18/h3-4,7-8,10-16,21H,5-6,9H2,1-2H3,(H,27,28)/t15-,16-,21-/m1/s1. The molecule has 2 aromatic carbocycles. The second kappa shape index (κ2) is 8.54. The van der Waals surface area contributed by atoms with E-state index in [4.69, 9.17) is 4.98 Å². The second-order valence-corrected chi connectivity index (χ2v) is 9.02. The highest BCUT2D eigenvalue weighted by atomic mass is 32.2. The molecule has 5 heteroatoms. The molecule has 1 saturated carbocycles. The predicted octanol–water partition coefficient (Wildman–Crippen LogP) is 6.08. The van der Waals surface area contributed by atoms with Gasteiger partial charge in [-0.25, -0.2) is 9.37 Å². The Morgan fingerprint density at radius 1 is 1.10 bits per heavy atom. The molecule has 1 N–H and O–H groups in total. The van der Waals surface area contributed by atoms with Crippen LogP contribution in [0.5, 0.6) is 0 Å². The van der Waals surface area contributed by atoms with Gasteiger partial charge in [0.1, 0.15) is 10.8 Å². The Labute approximate surface area is 175 Å². The van der Waals surface area contributed by atoms with Gasteiger partial charge in [-0.15, -0.1) is 0 Å². The highest BCUT2D eigenvalue weighted by Gasteiger charge is 2.29. The largest absolute Gasteiger partial charge is 0.349 e. The van der Waals surface area contributed by atoms with E-state index in [1.807, 2.05) is 30.3 Å². The number of nitrogens with one attached hydrogen (secondary N) is 1. The summed E-state index contributed by atoms with van der Waals surface area (Å²) in [7, 11) is 0. The smallest absolute Gasteiger partial charge is 0.252 e. The third-order valence-electron chi connectivity index (χ3n) is 6.00. The van der Waals surface area contributed by atoms with Gasteiger partial charge in [-0.05, 0) is 54.7 Å². The predicted molar refractivity (Wildman–Crippen MR) is 116 cm³/mol. The van der Waals surface area contributed by atoms with Gasteiger partial charge in [0.05, 0.1) is 11.1 Å². The molecule has 1 heterocycles. The summed E-state index contributed by atoms with van der Waals surface area (Å²) in [6.07, 6.45) is 3.40. The van der Waals surface area contributed by atoms with Gasteiger partial charge in [-0.3, -0.25) is 4.79 Å². The van der Waals surface area contributed by atoms with Crippen LogP contribution < -0.4 is 5.32 Å². The van der Waals surface area contributed by atoms with Crippen LogP contribution in [0, 0.1) is 17.7 Å². The van der Waals surface area contributed by atoms with Gasteiger partial charge in [0, 0.05) is 16.3 Å². The van der Waals surface area contributed by atoms with E-state index in [9.17, 15) is 9.18 Å². The van der Waals surface area contributed by atoms with Crippen LogP contribution >= 0.6 is 11.8 Å². The summed E-state index contributed by atoms with van der Waals surface area (Å²) in [5.41, 5.74) is 1.43. The lowest BCUT2D eigenvalue weighted by Gasteiger charge is -2.34. The van der Waals surface area contributed by atoms with Crippen LogP contribution in [0.3, 0.4) is 0 Å². The summed E-state index contributed by atoms with van der Waals surface area (Å²) >= 11 is 1.43. The number of benzene rings is 2. The number of aromatic nitrogens is 1. The van der Waals surface area contributed by atoms with Crippen LogP contribution in [0.1, 0.15) is 43.5 Å². The van der Waals surface area contributed by atoms with Gasteiger partial charge in [0.2, 0.25) is 0 Å². The lowest BCUT2D eigenvalue weighted by Crippen LogP contribution is -2.43. The first-order valence-corrected chi connectivity index (χ1v) is 11.0. The molecule has 0 saturated heterocycles. The van der Waals surface area contributed by atoms with E-state index in [0.29, 0.717) is 17.4 Å². The number of amides is 1. The zero-order valence-corrected chi connectivity index (χ0v) is 17.5. The molecule has 0 spiro atoms. The maximum absolute atomic E-state index is 13.2. The van der Waals surface area contributed by atoms with Crippen LogP contribution in [0.25, 0.3) is 10.9 Å². The molecule has 0 bridgehead atoms. The Bertz CT molecular complexity index is 1020. The molecular weight excluding hydrogens is 383 g/mol. The first kappa shape index (κ1) is 19.9. The number of hydrogen-bond donors (Lipinski definition) is 1. The van der Waals surface area contributed by atoms with Gasteiger partial charge in [0.25, 0.3) is 5.91 Å². The SMILES string of the molecule is C[C@@H]1[C@H](C)CCC[C@H]1NC(=O)c1cc(Sc2ccc(F)cc2)nc2ccccc12. The minimum atomic E-state index is -0.267. The number of fused-ring (bicyclic) bond motifs is 1. The number of nitrogens with zero attached hydrogens (tertiary/aromatic N) is 1. The van der Waals surface area contributed by atoms with Crippen molar-refractivity contribution in [1.82, 2.24) is 10.3 Å². The summed E-state index contributed by atoms with van der Waals surface area (Å²) in [6, 6.07) is 16.1. The van der Waals surface area contributed by atoms with Gasteiger partial charge in [-0.2, -0.15) is 0 Å². The van der Waals surface area contributed by atoms with Crippen LogP contribution in [0.15, 0.2) is 64.5 Å². The lowest BCUT2D eigenvalue weighted by atomic mass is 9.78. The molecule has 0 radical (unpaired) electrons. The lowest BCUT2D eigenvalue weighted by molar-refractivity contribution is 0.0892. The Kier molecular flexibility index (Phi) is 5.86. The Balaban J connectivity index is 1.65. The van der Waals surface area contributed by atoms with Crippen molar-refractivity contribution in [2.24, 2.45) is 11.8 Å². The van der Waals surface area contributed by atoms with Crippen molar-refractivity contribution in [3.8, 4) is 0 Å². The molecule has 3 nitrogen and oxygen atoms in total. The molecule has 4 rings (SSSR count). The van der Waals surface area contributed by atoms with Crippen molar-refractivity contribution < 1.29 is 9.18 Å². The summed E-state index contributed by atoms with van der Waals surface area (Å²) in [4.78, 5) is 18.8. The number of carbonyl (C=O) groups is 1. The van der Waals surface area contributed by atoms with E-state index in [1.54, 1.807) is 12.1 Å². The summed E-state index contributed by atoms with van der Waals surface area (Å²) in [5, 5.41) is 4.86. The first-order valence-electron chi connectivity index (χ1n) is 10.2. The van der Waals surface area contributed by atoms with E-state index in [1.165, 1.54) is 30.3 Å². The van der Waals surface area contributed by atoms with Crippen molar-refractivity contribution in [3.05, 3.63) is 66.0 Å². The number of rotatable bonds is 4. The monoisotopic (exact) mass is 408 g/mol. The van der Waals surface area contributed by atoms with E-state index in [-0.39, 0.29) is 17.8 Å². The van der Waals surface area contributed by atoms with Gasteiger partial charge in [0.15, 0.2) is 0 Å². The maximum atomic E-state index is 13.2. The highest BCUT2D eigenvalue weighted by Crippen LogP contribution is 2.32. The molecule has 3 atom stereocenters. The summed E-state index contributed by atoms with van der Waals surface area (Å²) < 4.78 is 13.2. The number of carbonyl (C=O) groups excluding carboxylic acids is 1. The minimum absolute atomic E-state index is 0.0458. The first-order chi connectivity index (χ1) is 14.0. The molecule has 0 aliphatic heterocycles. The zero-order chi connectivity index (χ0) is 20.4. The number of para-hydroxylation sites is 1. The van der Waals surface area contributed by atoms with Crippen LogP contribution in [0.4, 0.5) is 4.39 Å². The minimum Gasteiger partial charge on any atom is -0.349 e. The zero-order valence-electron chi connectivity index (χ0n) is 16.7. The molecule has 29 heavy (non-hydrogen) atoms. The fraction of sp³-hybridized carbons (Fsp3) is 0.333. The quantitative estimate of drug-likeness (QED) is 0.569. The van der Waals surface area contributed by atoms with E-state index in [0.717, 1.165) is 33.7 Å². The fourth-order valence-electron chi connectivity index (χ4n) is 4.05. The third kappa shape index (κ3) is 4.45. The average Bonchev–Trinajstić information content (AvgIpc) is 2.72. The van der Waals surface area contributed by atoms with Crippen LogP contribution in [0.2, 0.25) is 0 Å². The molecule has 1 aromatic heterocycles. The molecule has 1 fully saturated rings. The summed E-state index contributed by atoms with van der Waals surface area (Å²) in [6.45, 7) is 4.50. The Morgan fingerprint density at radius 3 is 2.66 bits per heavy atom. The molecule has 150 valence electrons. The van der Waals surface area contributed by atoms with Crippen LogP contribution in [-0.2, 0) is 0 Å². The van der Waals surface area contributed by atoms with Gasteiger partial charge in [-0.1, -0.05) is 56.7 Å². The van der Waals surface area contributed by atoms with E-state index >= 15 is 0 Å². The molecule has 1 aliphatic rings. The fourth-order valence-corrected chi connectivity index (χ4v) is 4.88. The van der Waals surface area contributed by atoms with Crippen molar-refractivity contribution >= 4 is 28.6 Å². The van der Waals surface area contributed by atoms with Crippen molar-refractivity contribution in [1.29, 1.82) is 0 Å². The second-order valence-electron chi connectivity index (χ2n) is 7.93.